The maximum absolute atomic E-state index is 5.47. The van der Waals surface area contributed by atoms with Crippen molar-refractivity contribution in [2.45, 2.75) is 0 Å². The highest BCUT2D eigenvalue weighted by atomic mass is 28.3. The number of benzene rings is 7. The van der Waals surface area contributed by atoms with Crippen LogP contribution in [0.3, 0.4) is 0 Å². The van der Waals surface area contributed by atoms with Crippen LogP contribution in [0.4, 0.5) is 0 Å². The van der Waals surface area contributed by atoms with Crippen LogP contribution in [0.1, 0.15) is 0 Å². The van der Waals surface area contributed by atoms with E-state index in [2.05, 4.69) is 193 Å². The van der Waals surface area contributed by atoms with E-state index in [-0.39, 0.29) is 0 Å². The summed E-state index contributed by atoms with van der Waals surface area (Å²) >= 11 is 0. The van der Waals surface area contributed by atoms with Gasteiger partial charge in [0.15, 0.2) is 8.07 Å². The Bertz CT molecular complexity index is 2970. The molecule has 0 unspecified atom stereocenters. The largest absolute Gasteiger partial charge is 0.307 e. The van der Waals surface area contributed by atoms with Gasteiger partial charge < -0.3 is 4.57 Å². The van der Waals surface area contributed by atoms with Gasteiger partial charge in [0.1, 0.15) is 5.52 Å². The first-order valence-corrected chi connectivity index (χ1v) is 19.8. The molecule has 0 fully saturated rings. The third kappa shape index (κ3) is 3.95. The molecule has 0 atom stereocenters. The quantitative estimate of drug-likeness (QED) is 0.174. The highest BCUT2D eigenvalue weighted by Crippen LogP contribution is 2.39. The van der Waals surface area contributed by atoms with Gasteiger partial charge in [0, 0.05) is 34.4 Å². The third-order valence-corrected chi connectivity index (χ3v) is 16.1. The standard InChI is InChI=1S/C48H31N3Si/c1-4-15-32(16-5-1)34-18-14-19-35(29-34)51-43-26-13-12-25-39(43)41-30-50-45-44(46(41)51)49-31-42-40-28-27-33-17-10-11-24-38(33)47(40)52(48(42)45,36-20-6-2-7-21-36)37-22-8-3-9-23-37/h1-31H. The summed E-state index contributed by atoms with van der Waals surface area (Å²) in [6.45, 7) is 0. The summed E-state index contributed by atoms with van der Waals surface area (Å²) in [6.07, 6.45) is 4.26. The van der Waals surface area contributed by atoms with Crippen LogP contribution in [0.25, 0.3) is 71.6 Å². The average molecular weight is 678 g/mol. The van der Waals surface area contributed by atoms with E-state index in [1.165, 1.54) is 59.2 Å². The van der Waals surface area contributed by atoms with Crippen LogP contribution in [0.5, 0.6) is 0 Å². The lowest BCUT2D eigenvalue weighted by molar-refractivity contribution is 1.18. The van der Waals surface area contributed by atoms with Crippen LogP contribution in [-0.4, -0.2) is 22.6 Å². The Hall–Kier alpha value is -6.62. The summed E-state index contributed by atoms with van der Waals surface area (Å²) in [6, 6.07) is 64.1. The van der Waals surface area contributed by atoms with E-state index < -0.39 is 8.07 Å². The molecule has 0 saturated heterocycles. The van der Waals surface area contributed by atoms with Gasteiger partial charge in [-0.25, -0.2) is 0 Å². The molecule has 0 saturated carbocycles. The molecular formula is C48H31N3Si. The first-order chi connectivity index (χ1) is 25.8. The van der Waals surface area contributed by atoms with Crippen molar-refractivity contribution in [1.29, 1.82) is 0 Å². The van der Waals surface area contributed by atoms with Gasteiger partial charge in [-0.15, -0.1) is 0 Å². The molecule has 4 heteroatoms. The Balaban J connectivity index is 1.31. The third-order valence-electron chi connectivity index (χ3n) is 11.1. The van der Waals surface area contributed by atoms with Gasteiger partial charge in [-0.05, 0) is 66.4 Å². The topological polar surface area (TPSA) is 30.7 Å². The first-order valence-electron chi connectivity index (χ1n) is 17.8. The highest BCUT2D eigenvalue weighted by molar-refractivity contribution is 7.23. The van der Waals surface area contributed by atoms with Crippen LogP contribution >= 0.6 is 0 Å². The van der Waals surface area contributed by atoms with E-state index in [1.54, 1.807) is 0 Å². The molecule has 1 aliphatic rings. The molecule has 3 nitrogen and oxygen atoms in total. The molecule has 4 heterocycles. The minimum atomic E-state index is -2.94. The fourth-order valence-corrected chi connectivity index (χ4v) is 14.5. The van der Waals surface area contributed by atoms with Crippen molar-refractivity contribution in [2.24, 2.45) is 0 Å². The molecular weight excluding hydrogens is 647 g/mol. The zero-order valence-electron chi connectivity index (χ0n) is 28.2. The van der Waals surface area contributed by atoms with Crippen LogP contribution in [0.2, 0.25) is 0 Å². The maximum Gasteiger partial charge on any atom is 0.184 e. The smallest absolute Gasteiger partial charge is 0.184 e. The predicted octanol–water partition coefficient (Wildman–Crippen LogP) is 8.90. The summed E-state index contributed by atoms with van der Waals surface area (Å²) in [7, 11) is -2.94. The van der Waals surface area contributed by atoms with Crippen LogP contribution in [0.15, 0.2) is 188 Å². The fourth-order valence-electron chi connectivity index (χ4n) is 9.01. The lowest BCUT2D eigenvalue weighted by Gasteiger charge is -2.32. The molecule has 0 aliphatic carbocycles. The molecule has 3 aromatic heterocycles. The first kappa shape index (κ1) is 29.1. The predicted molar refractivity (Wildman–Crippen MR) is 219 cm³/mol. The number of pyridine rings is 2. The number of nitrogens with zero attached hydrogens (tertiary/aromatic N) is 3. The zero-order chi connectivity index (χ0) is 34.2. The SMILES string of the molecule is c1ccc(-c2cccc(-n3c4ccccc4c4cnc5c6c(cnc5c43)-c3ccc4ccccc4c3[Si]6(c3ccccc3)c3ccccc3)c2)cc1. The summed E-state index contributed by atoms with van der Waals surface area (Å²) < 4.78 is 2.41. The maximum atomic E-state index is 5.47. The van der Waals surface area contributed by atoms with Gasteiger partial charge in [0.05, 0.1) is 16.6 Å². The van der Waals surface area contributed by atoms with Crippen molar-refractivity contribution in [1.82, 2.24) is 14.5 Å². The fraction of sp³-hybridized carbons (Fsp3) is 0. The van der Waals surface area contributed by atoms with Gasteiger partial charge in [0.2, 0.25) is 0 Å². The molecule has 11 rings (SSSR count). The minimum Gasteiger partial charge on any atom is -0.307 e. The van der Waals surface area contributed by atoms with Crippen molar-refractivity contribution in [2.75, 3.05) is 0 Å². The summed E-state index contributed by atoms with van der Waals surface area (Å²) in [4.78, 5) is 10.9. The Labute approximate surface area is 302 Å². The highest BCUT2D eigenvalue weighted by Gasteiger charge is 2.51. The van der Waals surface area contributed by atoms with Crippen LogP contribution < -0.4 is 20.7 Å². The van der Waals surface area contributed by atoms with Crippen molar-refractivity contribution >= 4 is 72.4 Å². The number of aromatic nitrogens is 3. The van der Waals surface area contributed by atoms with E-state index in [0.717, 1.165) is 33.1 Å². The van der Waals surface area contributed by atoms with Crippen molar-refractivity contribution in [3.63, 3.8) is 0 Å². The molecule has 0 radical (unpaired) electrons. The zero-order valence-corrected chi connectivity index (χ0v) is 29.2. The van der Waals surface area contributed by atoms with E-state index in [9.17, 15) is 0 Å². The van der Waals surface area contributed by atoms with E-state index >= 15 is 0 Å². The number of fused-ring (bicyclic) bond motifs is 11. The van der Waals surface area contributed by atoms with Crippen LogP contribution in [0, 0.1) is 0 Å². The van der Waals surface area contributed by atoms with Gasteiger partial charge >= 0.3 is 0 Å². The Morgan fingerprint density at radius 2 is 1.06 bits per heavy atom. The number of hydrogen-bond acceptors (Lipinski definition) is 2. The number of para-hydroxylation sites is 1. The van der Waals surface area contributed by atoms with Gasteiger partial charge in [0.25, 0.3) is 0 Å². The van der Waals surface area contributed by atoms with Gasteiger partial charge in [-0.3, -0.25) is 9.97 Å². The van der Waals surface area contributed by atoms with Crippen molar-refractivity contribution < 1.29 is 0 Å². The summed E-state index contributed by atoms with van der Waals surface area (Å²) in [5, 5.41) is 10.3. The summed E-state index contributed by atoms with van der Waals surface area (Å²) in [5.41, 5.74) is 10.1. The second-order valence-corrected chi connectivity index (χ2v) is 17.4. The Morgan fingerprint density at radius 1 is 0.423 bits per heavy atom. The van der Waals surface area contributed by atoms with Gasteiger partial charge in [-0.2, -0.15) is 0 Å². The number of rotatable bonds is 4. The van der Waals surface area contributed by atoms with Crippen LogP contribution in [-0.2, 0) is 0 Å². The molecule has 7 aromatic carbocycles. The average Bonchev–Trinajstić information content (AvgIpc) is 3.74. The molecule has 0 N–H and O–H groups in total. The second kappa shape index (κ2) is 11.2. The second-order valence-electron chi connectivity index (χ2n) is 13.7. The molecule has 10 aromatic rings. The minimum absolute atomic E-state index is 0.929. The van der Waals surface area contributed by atoms with E-state index in [4.69, 9.17) is 9.97 Å². The molecule has 52 heavy (non-hydrogen) atoms. The lowest BCUT2D eigenvalue weighted by atomic mass is 10.0. The molecule has 0 amide bonds. The van der Waals surface area contributed by atoms with Crippen molar-refractivity contribution in [3.8, 4) is 27.9 Å². The number of hydrogen-bond donors (Lipinski definition) is 0. The Kier molecular flexibility index (Phi) is 6.27. The monoisotopic (exact) mass is 677 g/mol. The molecule has 1 aliphatic heterocycles. The Morgan fingerprint density at radius 3 is 1.83 bits per heavy atom. The van der Waals surface area contributed by atoms with E-state index in [0.29, 0.717) is 0 Å². The molecule has 0 spiro atoms. The normalized spacial score (nSPS) is 13.2. The van der Waals surface area contributed by atoms with E-state index in [1.807, 2.05) is 0 Å². The summed E-state index contributed by atoms with van der Waals surface area (Å²) in [5.74, 6) is 0. The lowest BCUT2D eigenvalue weighted by Crippen LogP contribution is -2.73. The van der Waals surface area contributed by atoms with Crippen molar-refractivity contribution in [3.05, 3.63) is 188 Å². The molecule has 242 valence electrons. The van der Waals surface area contributed by atoms with Gasteiger partial charge in [-0.1, -0.05) is 158 Å². The molecule has 0 bridgehead atoms.